The van der Waals surface area contributed by atoms with Gasteiger partial charge in [0.2, 0.25) is 0 Å². The van der Waals surface area contributed by atoms with Crippen LogP contribution >= 0.6 is 11.3 Å². The number of thiazole rings is 1. The number of ether oxygens (including phenoxy) is 1. The highest BCUT2D eigenvalue weighted by Crippen LogP contribution is 2.37. The van der Waals surface area contributed by atoms with E-state index in [1.54, 1.807) is 29.5 Å². The maximum Gasteiger partial charge on any atom is 0.416 e. The molecule has 1 N–H and O–H groups in total. The van der Waals surface area contributed by atoms with Gasteiger partial charge in [0.25, 0.3) is 5.91 Å². The van der Waals surface area contributed by atoms with Crippen LogP contribution in [0.3, 0.4) is 0 Å². The molecule has 1 amide bonds. The molecule has 0 unspecified atom stereocenters. The van der Waals surface area contributed by atoms with E-state index < -0.39 is 11.7 Å². The van der Waals surface area contributed by atoms with Crippen molar-refractivity contribution in [3.8, 4) is 28.1 Å². The first-order chi connectivity index (χ1) is 20.3. The molecule has 212 valence electrons. The fourth-order valence-electron chi connectivity index (χ4n) is 5.16. The minimum Gasteiger partial charge on any atom is -0.496 e. The summed E-state index contributed by atoms with van der Waals surface area (Å²) in [6.45, 7) is 1.53. The Morgan fingerprint density at radius 1 is 0.929 bits per heavy atom. The van der Waals surface area contributed by atoms with Gasteiger partial charge in [-0.25, -0.2) is 4.98 Å². The third-order valence-electron chi connectivity index (χ3n) is 7.30. The predicted octanol–water partition coefficient (Wildman–Crippen LogP) is 8.32. The number of carbonyl (C=O) groups excluding carboxylic acids is 1. The normalized spacial score (nSPS) is 13.0. The number of rotatable bonds is 6. The molecule has 0 radical (unpaired) electrons. The van der Waals surface area contributed by atoms with Crippen LogP contribution in [-0.4, -0.2) is 24.5 Å². The lowest BCUT2D eigenvalue weighted by molar-refractivity contribution is -0.137. The van der Waals surface area contributed by atoms with E-state index in [0.717, 1.165) is 53.6 Å². The van der Waals surface area contributed by atoms with Crippen LogP contribution in [-0.2, 0) is 19.1 Å². The van der Waals surface area contributed by atoms with Crippen LogP contribution in [0.5, 0.6) is 5.75 Å². The van der Waals surface area contributed by atoms with Crippen molar-refractivity contribution in [2.24, 2.45) is 0 Å². The second-order valence-corrected chi connectivity index (χ2v) is 10.8. The zero-order chi connectivity index (χ0) is 29.3. The van der Waals surface area contributed by atoms with Crippen LogP contribution < -0.4 is 15.0 Å². The van der Waals surface area contributed by atoms with Crippen molar-refractivity contribution in [1.29, 1.82) is 0 Å². The van der Waals surface area contributed by atoms with E-state index in [9.17, 15) is 18.0 Å². The minimum absolute atomic E-state index is 0.302. The molecule has 6 rings (SSSR count). The molecule has 1 aliphatic heterocycles. The van der Waals surface area contributed by atoms with Gasteiger partial charge in [-0.2, -0.15) is 13.2 Å². The van der Waals surface area contributed by atoms with Crippen LogP contribution in [0.4, 0.5) is 24.0 Å². The number of halogens is 3. The monoisotopic (exact) mass is 585 g/mol. The SMILES string of the molecule is COc1cccc(C(=O)Nc2ccc3c(c2)CCN(c2nc(-c4ccccc4)cs2)C3)c1-c1ccc(C(F)(F)F)cc1. The number of hydrogen-bond acceptors (Lipinski definition) is 5. The fourth-order valence-corrected chi connectivity index (χ4v) is 6.02. The van der Waals surface area contributed by atoms with Gasteiger partial charge in [0.1, 0.15) is 5.75 Å². The van der Waals surface area contributed by atoms with Crippen molar-refractivity contribution < 1.29 is 22.7 Å². The maximum absolute atomic E-state index is 13.5. The Morgan fingerprint density at radius 2 is 1.71 bits per heavy atom. The summed E-state index contributed by atoms with van der Waals surface area (Å²) < 4.78 is 44.8. The van der Waals surface area contributed by atoms with Crippen LogP contribution in [0.15, 0.2) is 96.4 Å². The maximum atomic E-state index is 13.5. The van der Waals surface area contributed by atoms with Crippen LogP contribution in [0.25, 0.3) is 22.4 Å². The first kappa shape index (κ1) is 27.5. The molecule has 1 aromatic heterocycles. The zero-order valence-electron chi connectivity index (χ0n) is 22.6. The average molecular weight is 586 g/mol. The highest BCUT2D eigenvalue weighted by atomic mass is 32.1. The Kier molecular flexibility index (Phi) is 7.43. The molecular weight excluding hydrogens is 559 g/mol. The zero-order valence-corrected chi connectivity index (χ0v) is 23.4. The van der Waals surface area contributed by atoms with E-state index in [4.69, 9.17) is 9.72 Å². The van der Waals surface area contributed by atoms with Crippen molar-refractivity contribution >= 4 is 28.1 Å². The standard InChI is InChI=1S/C33H26F3N3O2S/c1-41-29-9-5-8-27(30(29)22-10-13-25(14-11-22)33(34,35)36)31(40)37-26-15-12-24-19-39(17-16-23(24)18-26)32-38-28(20-42-32)21-6-3-2-4-7-21/h2-15,18,20H,16-17,19H2,1H3,(H,37,40). The molecule has 0 saturated carbocycles. The number of anilines is 2. The van der Waals surface area contributed by atoms with Crippen molar-refractivity contribution in [3.63, 3.8) is 0 Å². The van der Waals surface area contributed by atoms with Crippen molar-refractivity contribution in [1.82, 2.24) is 4.98 Å². The summed E-state index contributed by atoms with van der Waals surface area (Å²) in [4.78, 5) is 20.6. The van der Waals surface area contributed by atoms with E-state index >= 15 is 0 Å². The van der Waals surface area contributed by atoms with Gasteiger partial charge >= 0.3 is 6.18 Å². The third-order valence-corrected chi connectivity index (χ3v) is 8.20. The van der Waals surface area contributed by atoms with Gasteiger partial charge in [-0.05, 0) is 59.5 Å². The van der Waals surface area contributed by atoms with Crippen LogP contribution in [0, 0.1) is 0 Å². The van der Waals surface area contributed by atoms with Gasteiger partial charge in [0.15, 0.2) is 5.13 Å². The number of methoxy groups -OCH3 is 1. The minimum atomic E-state index is -4.45. The topological polar surface area (TPSA) is 54.5 Å². The van der Waals surface area contributed by atoms with Gasteiger partial charge in [-0.15, -0.1) is 11.3 Å². The highest BCUT2D eigenvalue weighted by Gasteiger charge is 2.30. The summed E-state index contributed by atoms with van der Waals surface area (Å²) in [6.07, 6.45) is -3.65. The molecule has 0 bridgehead atoms. The number of nitrogens with one attached hydrogen (secondary N) is 1. The van der Waals surface area contributed by atoms with Gasteiger partial charge in [-0.1, -0.05) is 54.6 Å². The number of nitrogens with zero attached hydrogens (tertiary/aromatic N) is 2. The van der Waals surface area contributed by atoms with E-state index in [2.05, 4.69) is 27.7 Å². The van der Waals surface area contributed by atoms with Gasteiger partial charge in [0.05, 0.1) is 23.9 Å². The summed E-state index contributed by atoms with van der Waals surface area (Å²) in [6, 6.07) is 25.7. The average Bonchev–Trinajstić information content (AvgIpc) is 3.51. The van der Waals surface area contributed by atoms with Gasteiger partial charge in [0, 0.05) is 35.3 Å². The van der Waals surface area contributed by atoms with E-state index in [1.807, 2.05) is 36.4 Å². The summed E-state index contributed by atoms with van der Waals surface area (Å²) >= 11 is 1.63. The molecular formula is C33H26F3N3O2S. The number of alkyl halides is 3. The van der Waals surface area contributed by atoms with E-state index in [0.29, 0.717) is 28.1 Å². The van der Waals surface area contributed by atoms with Gasteiger partial charge < -0.3 is 15.0 Å². The second-order valence-electron chi connectivity index (χ2n) is 9.95. The number of carbonyl (C=O) groups is 1. The van der Waals surface area contributed by atoms with Crippen molar-refractivity contribution in [3.05, 3.63) is 119 Å². The Balaban J connectivity index is 1.20. The molecule has 0 aliphatic carbocycles. The molecule has 1 aliphatic rings. The summed E-state index contributed by atoms with van der Waals surface area (Å²) in [5, 5.41) is 6.03. The summed E-state index contributed by atoms with van der Waals surface area (Å²) in [5.41, 5.74) is 5.45. The van der Waals surface area contributed by atoms with Gasteiger partial charge in [-0.3, -0.25) is 4.79 Å². The van der Waals surface area contributed by atoms with Crippen LogP contribution in [0.2, 0.25) is 0 Å². The Labute approximate surface area is 245 Å². The number of fused-ring (bicyclic) bond motifs is 1. The predicted molar refractivity (Wildman–Crippen MR) is 160 cm³/mol. The molecule has 4 aromatic carbocycles. The fraction of sp³-hybridized carbons (Fsp3) is 0.152. The Bertz CT molecular complexity index is 1730. The first-order valence-corrected chi connectivity index (χ1v) is 14.2. The quantitative estimate of drug-likeness (QED) is 0.218. The third kappa shape index (κ3) is 5.60. The molecule has 0 spiro atoms. The highest BCUT2D eigenvalue weighted by molar-refractivity contribution is 7.14. The van der Waals surface area contributed by atoms with E-state index in [-0.39, 0.29) is 5.91 Å². The Morgan fingerprint density at radius 3 is 2.45 bits per heavy atom. The van der Waals surface area contributed by atoms with Crippen LogP contribution in [0.1, 0.15) is 27.0 Å². The van der Waals surface area contributed by atoms with Crippen molar-refractivity contribution in [2.75, 3.05) is 23.9 Å². The molecule has 0 saturated heterocycles. The lowest BCUT2D eigenvalue weighted by Crippen LogP contribution is -2.30. The first-order valence-electron chi connectivity index (χ1n) is 13.3. The molecule has 0 fully saturated rings. The number of aromatic nitrogens is 1. The number of benzene rings is 4. The molecule has 5 nitrogen and oxygen atoms in total. The molecule has 9 heteroatoms. The smallest absolute Gasteiger partial charge is 0.416 e. The molecule has 42 heavy (non-hydrogen) atoms. The summed E-state index contributed by atoms with van der Waals surface area (Å²) in [5.74, 6) is 0.0166. The van der Waals surface area contributed by atoms with E-state index in [1.165, 1.54) is 24.8 Å². The largest absolute Gasteiger partial charge is 0.496 e. The molecule has 2 heterocycles. The molecule has 0 atom stereocenters. The lowest BCUT2D eigenvalue weighted by atomic mass is 9.96. The number of amides is 1. The second kappa shape index (κ2) is 11.3. The molecule has 5 aromatic rings. The van der Waals surface area contributed by atoms with Crippen molar-refractivity contribution in [2.45, 2.75) is 19.1 Å². The summed E-state index contributed by atoms with van der Waals surface area (Å²) in [7, 11) is 1.46. The Hall–Kier alpha value is -4.63. The lowest BCUT2D eigenvalue weighted by Gasteiger charge is -2.29. The number of hydrogen-bond donors (Lipinski definition) is 1.